The number of carbonyl (C=O) groups excluding carboxylic acids is 1. The maximum absolute atomic E-state index is 12.3. The molecule has 10 nitrogen and oxygen atoms in total. The Morgan fingerprint density at radius 2 is 1.91 bits per heavy atom. The molecule has 3 aromatic rings. The van der Waals surface area contributed by atoms with Crippen molar-refractivity contribution < 1.29 is 23.1 Å². The van der Waals surface area contributed by atoms with Crippen molar-refractivity contribution in [2.45, 2.75) is 37.6 Å². The lowest BCUT2D eigenvalue weighted by Gasteiger charge is -2.14. The number of carboxylic acids is 1. The summed E-state index contributed by atoms with van der Waals surface area (Å²) < 4.78 is 28.0. The van der Waals surface area contributed by atoms with E-state index in [1.807, 2.05) is 17.7 Å². The SMILES string of the molecule is Cc1ccc(S(=O)(=O)NC(=O)NCCCn2nc3c(c2C(=O)O)CCc2cnccc2-3)cc1. The molecule has 3 N–H and O–H groups in total. The summed E-state index contributed by atoms with van der Waals surface area (Å²) in [5.41, 5.74) is 4.28. The van der Waals surface area contributed by atoms with E-state index in [4.69, 9.17) is 0 Å². The van der Waals surface area contributed by atoms with Crippen LogP contribution in [0, 0.1) is 6.92 Å². The predicted molar refractivity (Wildman–Crippen MR) is 119 cm³/mol. The van der Waals surface area contributed by atoms with E-state index in [2.05, 4.69) is 15.4 Å². The summed E-state index contributed by atoms with van der Waals surface area (Å²) in [6, 6.07) is 7.11. The summed E-state index contributed by atoms with van der Waals surface area (Å²) in [5, 5.41) is 16.7. The molecule has 0 saturated heterocycles. The molecule has 2 heterocycles. The number of sulfonamides is 1. The number of nitrogens with zero attached hydrogens (tertiary/aromatic N) is 3. The van der Waals surface area contributed by atoms with Crippen LogP contribution in [0.15, 0.2) is 47.6 Å². The van der Waals surface area contributed by atoms with Gasteiger partial charge in [-0.05, 0) is 49.9 Å². The molecule has 0 bridgehead atoms. The van der Waals surface area contributed by atoms with Crippen molar-refractivity contribution >= 4 is 22.0 Å². The summed E-state index contributed by atoms with van der Waals surface area (Å²) in [6.07, 6.45) is 5.04. The number of nitrogens with one attached hydrogen (secondary N) is 2. The molecule has 1 aromatic carbocycles. The van der Waals surface area contributed by atoms with Gasteiger partial charge in [0.15, 0.2) is 0 Å². The number of carboxylic acid groups (broad SMARTS) is 1. The monoisotopic (exact) mass is 469 g/mol. The zero-order valence-electron chi connectivity index (χ0n) is 17.9. The first-order valence-electron chi connectivity index (χ1n) is 10.4. The molecule has 0 fully saturated rings. The van der Waals surface area contributed by atoms with Gasteiger partial charge in [-0.25, -0.2) is 22.7 Å². The number of amides is 2. The van der Waals surface area contributed by atoms with E-state index in [0.717, 1.165) is 16.7 Å². The second-order valence-electron chi connectivity index (χ2n) is 7.76. The highest BCUT2D eigenvalue weighted by Crippen LogP contribution is 2.34. The van der Waals surface area contributed by atoms with Gasteiger partial charge in [0.1, 0.15) is 5.69 Å². The van der Waals surface area contributed by atoms with E-state index in [-0.39, 0.29) is 23.7 Å². The number of hydrogen-bond donors (Lipinski definition) is 3. The molecule has 2 aromatic heterocycles. The van der Waals surface area contributed by atoms with E-state index >= 15 is 0 Å². The van der Waals surface area contributed by atoms with Gasteiger partial charge in [-0.15, -0.1) is 0 Å². The Balaban J connectivity index is 1.38. The molecular weight excluding hydrogens is 446 g/mol. The van der Waals surface area contributed by atoms with Crippen LogP contribution in [-0.2, 0) is 29.4 Å². The third kappa shape index (κ3) is 4.72. The molecule has 1 aliphatic carbocycles. The fourth-order valence-corrected chi connectivity index (χ4v) is 4.76. The molecule has 0 atom stereocenters. The molecule has 4 rings (SSSR count). The van der Waals surface area contributed by atoms with Crippen molar-refractivity contribution in [3.05, 3.63) is 65.1 Å². The summed E-state index contributed by atoms with van der Waals surface area (Å²) in [6.45, 7) is 2.22. The smallest absolute Gasteiger partial charge is 0.354 e. The Morgan fingerprint density at radius 1 is 1.15 bits per heavy atom. The normalized spacial score (nSPS) is 12.5. The number of pyridine rings is 1. The number of aromatic nitrogens is 3. The lowest BCUT2D eigenvalue weighted by Crippen LogP contribution is -2.40. The number of rotatable bonds is 7. The standard InChI is InChI=1S/C22H23N5O5S/c1-14-3-6-16(7-4-14)33(31,32)26-22(30)24-10-2-12-27-20(21(28)29)18-8-5-15-13-23-11-9-17(15)19(18)25-27/h3-4,6-7,9,11,13H,2,5,8,10,12H2,1H3,(H,28,29)(H2,24,26,30). The number of fused-ring (bicyclic) bond motifs is 3. The molecule has 1 aliphatic rings. The zero-order chi connectivity index (χ0) is 23.6. The fraction of sp³-hybridized carbons (Fsp3) is 0.273. The number of aromatic carboxylic acids is 1. The van der Waals surface area contributed by atoms with E-state index in [9.17, 15) is 23.1 Å². The molecule has 0 aliphatic heterocycles. The minimum absolute atomic E-state index is 0.00745. The van der Waals surface area contributed by atoms with Crippen LogP contribution in [-0.4, -0.2) is 46.8 Å². The second kappa shape index (κ2) is 9.02. The van der Waals surface area contributed by atoms with Crippen molar-refractivity contribution in [3.63, 3.8) is 0 Å². The number of carbonyl (C=O) groups is 2. The van der Waals surface area contributed by atoms with Crippen LogP contribution in [0.3, 0.4) is 0 Å². The highest BCUT2D eigenvalue weighted by atomic mass is 32.2. The minimum atomic E-state index is -3.98. The molecule has 0 radical (unpaired) electrons. The Labute approximate surface area is 190 Å². The number of benzene rings is 1. The van der Waals surface area contributed by atoms with Crippen molar-refractivity contribution in [1.29, 1.82) is 0 Å². The van der Waals surface area contributed by atoms with E-state index < -0.39 is 22.0 Å². The van der Waals surface area contributed by atoms with Gasteiger partial charge in [0.2, 0.25) is 0 Å². The van der Waals surface area contributed by atoms with Gasteiger partial charge in [0, 0.05) is 36.6 Å². The highest BCUT2D eigenvalue weighted by molar-refractivity contribution is 7.90. The second-order valence-corrected chi connectivity index (χ2v) is 9.45. The third-order valence-electron chi connectivity index (χ3n) is 5.45. The number of aryl methyl sites for hydroxylation is 3. The third-order valence-corrected chi connectivity index (χ3v) is 6.79. The fourth-order valence-electron chi connectivity index (χ4n) is 3.84. The summed E-state index contributed by atoms with van der Waals surface area (Å²) in [7, 11) is -3.98. The van der Waals surface area contributed by atoms with Gasteiger partial charge in [-0.3, -0.25) is 9.67 Å². The van der Waals surface area contributed by atoms with Gasteiger partial charge in [-0.1, -0.05) is 17.7 Å². The Morgan fingerprint density at radius 3 is 2.64 bits per heavy atom. The minimum Gasteiger partial charge on any atom is -0.477 e. The first kappa shape index (κ1) is 22.5. The van der Waals surface area contributed by atoms with Crippen molar-refractivity contribution in [3.8, 4) is 11.3 Å². The average Bonchev–Trinajstić information content (AvgIpc) is 3.16. The first-order chi connectivity index (χ1) is 15.8. The summed E-state index contributed by atoms with van der Waals surface area (Å²) in [5.74, 6) is -1.06. The average molecular weight is 470 g/mol. The lowest BCUT2D eigenvalue weighted by atomic mass is 9.90. The molecule has 0 saturated carbocycles. The molecule has 0 unspecified atom stereocenters. The Kier molecular flexibility index (Phi) is 6.14. The zero-order valence-corrected chi connectivity index (χ0v) is 18.7. The van der Waals surface area contributed by atoms with Gasteiger partial charge < -0.3 is 10.4 Å². The van der Waals surface area contributed by atoms with Crippen LogP contribution in [0.5, 0.6) is 0 Å². The molecular formula is C22H23N5O5S. The lowest BCUT2D eigenvalue weighted by molar-refractivity contribution is 0.0681. The van der Waals surface area contributed by atoms with Crippen LogP contribution >= 0.6 is 0 Å². The van der Waals surface area contributed by atoms with Crippen molar-refractivity contribution in [2.24, 2.45) is 0 Å². The van der Waals surface area contributed by atoms with Crippen LogP contribution in [0.1, 0.15) is 33.6 Å². The maximum atomic E-state index is 12.3. The van der Waals surface area contributed by atoms with Gasteiger partial charge >= 0.3 is 12.0 Å². The van der Waals surface area contributed by atoms with E-state index in [1.54, 1.807) is 24.5 Å². The van der Waals surface area contributed by atoms with Gasteiger partial charge in [-0.2, -0.15) is 5.10 Å². The Bertz CT molecular complexity index is 1320. The maximum Gasteiger partial charge on any atom is 0.354 e. The van der Waals surface area contributed by atoms with Gasteiger partial charge in [0.25, 0.3) is 10.0 Å². The van der Waals surface area contributed by atoms with Crippen LogP contribution in [0.4, 0.5) is 4.79 Å². The summed E-state index contributed by atoms with van der Waals surface area (Å²) >= 11 is 0. The van der Waals surface area contributed by atoms with Crippen LogP contribution in [0.2, 0.25) is 0 Å². The summed E-state index contributed by atoms with van der Waals surface area (Å²) in [4.78, 5) is 28.1. The van der Waals surface area contributed by atoms with Crippen molar-refractivity contribution in [2.75, 3.05) is 6.54 Å². The van der Waals surface area contributed by atoms with Gasteiger partial charge in [0.05, 0.1) is 10.6 Å². The van der Waals surface area contributed by atoms with Crippen LogP contribution < -0.4 is 10.0 Å². The predicted octanol–water partition coefficient (Wildman–Crippen LogP) is 2.13. The van der Waals surface area contributed by atoms with E-state index in [0.29, 0.717) is 30.5 Å². The Hall–Kier alpha value is -3.73. The largest absolute Gasteiger partial charge is 0.477 e. The molecule has 2 amide bonds. The topological polar surface area (TPSA) is 143 Å². The first-order valence-corrected chi connectivity index (χ1v) is 11.9. The molecule has 33 heavy (non-hydrogen) atoms. The molecule has 172 valence electrons. The van der Waals surface area contributed by atoms with Crippen molar-refractivity contribution in [1.82, 2.24) is 24.8 Å². The highest BCUT2D eigenvalue weighted by Gasteiger charge is 2.28. The molecule has 11 heteroatoms. The molecule has 0 spiro atoms. The number of hydrogen-bond acceptors (Lipinski definition) is 6. The van der Waals surface area contributed by atoms with E-state index in [1.165, 1.54) is 16.8 Å². The quantitative estimate of drug-likeness (QED) is 0.450. The van der Waals surface area contributed by atoms with Crippen LogP contribution in [0.25, 0.3) is 11.3 Å². The number of urea groups is 1.